The number of nitrogens with one attached hydrogen (secondary N) is 1. The van der Waals surface area contributed by atoms with Crippen molar-refractivity contribution >= 4 is 63.4 Å². The zero-order valence-corrected chi connectivity index (χ0v) is 16.3. The Balaban J connectivity index is 1.79. The maximum absolute atomic E-state index is 12.9. The highest BCUT2D eigenvalue weighted by molar-refractivity contribution is 6.42. The van der Waals surface area contributed by atoms with Crippen molar-refractivity contribution in [1.29, 1.82) is 0 Å². The molecule has 1 aliphatic carbocycles. The first-order chi connectivity index (χ1) is 13.8. The fourth-order valence-corrected chi connectivity index (χ4v) is 3.60. The van der Waals surface area contributed by atoms with Gasteiger partial charge in [-0.2, -0.15) is 0 Å². The van der Waals surface area contributed by atoms with E-state index >= 15 is 0 Å². The van der Waals surface area contributed by atoms with Gasteiger partial charge >= 0.3 is 11.9 Å². The Labute approximate surface area is 174 Å². The monoisotopic (exact) mass is 429 g/mol. The quantitative estimate of drug-likeness (QED) is 0.579. The zero-order chi connectivity index (χ0) is 20.7. The van der Waals surface area contributed by atoms with E-state index < -0.39 is 11.9 Å². The van der Waals surface area contributed by atoms with Crippen molar-refractivity contribution in [3.05, 3.63) is 73.6 Å². The number of carboxylic acid groups (broad SMARTS) is 1. The number of carbonyl (C=O) groups excluding carboxylic acids is 1. The summed E-state index contributed by atoms with van der Waals surface area (Å²) in [6, 6.07) is 9.66. The SMILES string of the molecule is O=C(O)C(=O)Nc1ccc2c(=O)c3c(oc2c1)/C(=C/c1ccc(Cl)c(Cl)c1)CC3. The van der Waals surface area contributed by atoms with E-state index in [1.54, 1.807) is 12.1 Å². The molecule has 0 aliphatic heterocycles. The zero-order valence-electron chi connectivity index (χ0n) is 14.8. The van der Waals surface area contributed by atoms with E-state index in [1.165, 1.54) is 18.2 Å². The number of carbonyl (C=O) groups is 2. The first-order valence-corrected chi connectivity index (χ1v) is 9.39. The second-order valence-corrected chi connectivity index (χ2v) is 7.37. The lowest BCUT2D eigenvalue weighted by Crippen LogP contribution is -2.21. The molecule has 29 heavy (non-hydrogen) atoms. The van der Waals surface area contributed by atoms with Crippen LogP contribution in [0.2, 0.25) is 10.0 Å². The predicted octanol–water partition coefficient (Wildman–Crippen LogP) is 4.61. The van der Waals surface area contributed by atoms with Crippen LogP contribution in [0.1, 0.15) is 23.3 Å². The molecule has 8 heteroatoms. The fourth-order valence-electron chi connectivity index (χ4n) is 3.29. The van der Waals surface area contributed by atoms with Crippen LogP contribution in [-0.4, -0.2) is 17.0 Å². The average molecular weight is 430 g/mol. The Bertz CT molecular complexity index is 1280. The number of fused-ring (bicyclic) bond motifs is 2. The van der Waals surface area contributed by atoms with E-state index in [0.717, 1.165) is 11.1 Å². The summed E-state index contributed by atoms with van der Waals surface area (Å²) in [5.41, 5.74) is 2.60. The van der Waals surface area contributed by atoms with E-state index in [4.69, 9.17) is 32.7 Å². The largest absolute Gasteiger partial charge is 0.474 e. The summed E-state index contributed by atoms with van der Waals surface area (Å²) >= 11 is 12.0. The molecule has 0 bridgehead atoms. The van der Waals surface area contributed by atoms with Crippen LogP contribution in [0.3, 0.4) is 0 Å². The summed E-state index contributed by atoms with van der Waals surface area (Å²) in [7, 11) is 0. The molecule has 0 atom stereocenters. The predicted molar refractivity (Wildman–Crippen MR) is 111 cm³/mol. The van der Waals surface area contributed by atoms with Gasteiger partial charge in [-0.1, -0.05) is 29.3 Å². The van der Waals surface area contributed by atoms with Gasteiger partial charge in [-0.25, -0.2) is 4.79 Å². The lowest BCUT2D eigenvalue weighted by atomic mass is 10.1. The van der Waals surface area contributed by atoms with Gasteiger partial charge in [0.2, 0.25) is 0 Å². The number of amides is 1. The lowest BCUT2D eigenvalue weighted by Gasteiger charge is -2.07. The van der Waals surface area contributed by atoms with Crippen LogP contribution in [-0.2, 0) is 16.0 Å². The molecule has 0 saturated heterocycles. The Hall–Kier alpha value is -3.09. The average Bonchev–Trinajstić information content (AvgIpc) is 3.07. The Kier molecular flexibility index (Phi) is 4.90. The third kappa shape index (κ3) is 3.64. The minimum absolute atomic E-state index is 0.144. The van der Waals surface area contributed by atoms with Crippen LogP contribution in [0.15, 0.2) is 45.6 Å². The van der Waals surface area contributed by atoms with Gasteiger partial charge in [0.1, 0.15) is 11.3 Å². The molecule has 0 fully saturated rings. The van der Waals surface area contributed by atoms with E-state index in [1.807, 2.05) is 12.1 Å². The van der Waals surface area contributed by atoms with Crippen molar-refractivity contribution in [3.63, 3.8) is 0 Å². The molecule has 2 aromatic carbocycles. The van der Waals surface area contributed by atoms with Gasteiger partial charge < -0.3 is 14.8 Å². The van der Waals surface area contributed by atoms with Gasteiger partial charge in [0, 0.05) is 17.3 Å². The number of benzene rings is 2. The molecule has 6 nitrogen and oxygen atoms in total. The topological polar surface area (TPSA) is 96.6 Å². The van der Waals surface area contributed by atoms with Gasteiger partial charge in [0.25, 0.3) is 0 Å². The summed E-state index contributed by atoms with van der Waals surface area (Å²) < 4.78 is 5.98. The number of hydrogen-bond acceptors (Lipinski definition) is 4. The van der Waals surface area contributed by atoms with E-state index in [2.05, 4.69) is 5.32 Å². The summed E-state index contributed by atoms with van der Waals surface area (Å²) in [4.78, 5) is 35.0. The molecule has 1 heterocycles. The van der Waals surface area contributed by atoms with Crippen LogP contribution in [0.25, 0.3) is 22.6 Å². The number of anilines is 1. The molecule has 4 rings (SSSR count). The van der Waals surface area contributed by atoms with Crippen LogP contribution in [0, 0.1) is 0 Å². The van der Waals surface area contributed by atoms with Gasteiger partial charge in [-0.3, -0.25) is 9.59 Å². The second-order valence-electron chi connectivity index (χ2n) is 6.55. The van der Waals surface area contributed by atoms with Gasteiger partial charge in [-0.05, 0) is 54.3 Å². The molecule has 2 N–H and O–H groups in total. The van der Waals surface area contributed by atoms with Crippen molar-refractivity contribution in [1.82, 2.24) is 0 Å². The van der Waals surface area contributed by atoms with Crippen molar-refractivity contribution in [2.75, 3.05) is 5.32 Å². The number of allylic oxidation sites excluding steroid dienone is 1. The molecule has 146 valence electrons. The number of carboxylic acids is 1. The van der Waals surface area contributed by atoms with Gasteiger partial charge in [-0.15, -0.1) is 0 Å². The molecular weight excluding hydrogens is 417 g/mol. The van der Waals surface area contributed by atoms with Crippen LogP contribution >= 0.6 is 23.2 Å². The molecule has 0 unspecified atom stereocenters. The lowest BCUT2D eigenvalue weighted by molar-refractivity contribution is -0.147. The fraction of sp³-hybridized carbons (Fsp3) is 0.0952. The Morgan fingerprint density at radius 1 is 1.07 bits per heavy atom. The molecular formula is C21H13Cl2NO5. The van der Waals surface area contributed by atoms with Gasteiger partial charge in [0.15, 0.2) is 5.43 Å². The second kappa shape index (κ2) is 7.39. The maximum atomic E-state index is 12.9. The first-order valence-electron chi connectivity index (χ1n) is 8.63. The number of rotatable bonds is 2. The number of halogens is 2. The third-order valence-corrected chi connectivity index (χ3v) is 5.40. The highest BCUT2D eigenvalue weighted by Crippen LogP contribution is 2.35. The summed E-state index contributed by atoms with van der Waals surface area (Å²) in [6.45, 7) is 0. The molecule has 1 amide bonds. The van der Waals surface area contributed by atoms with Crippen molar-refractivity contribution in [2.24, 2.45) is 0 Å². The smallest absolute Gasteiger partial charge is 0.394 e. The molecule has 0 spiro atoms. The molecule has 1 aliphatic rings. The maximum Gasteiger partial charge on any atom is 0.394 e. The molecule has 1 aromatic heterocycles. The standard InChI is InChI=1S/C21H13Cl2NO5/c22-15-6-1-10(8-16(15)23)7-11-2-4-14-18(25)13-5-3-12(24-20(26)21(27)28)9-17(13)29-19(11)14/h1,3,5-9H,2,4H2,(H,24,26)(H,27,28)/b11-7+. The Morgan fingerprint density at radius 3 is 2.59 bits per heavy atom. The van der Waals surface area contributed by atoms with E-state index in [9.17, 15) is 14.4 Å². The van der Waals surface area contributed by atoms with Crippen molar-refractivity contribution in [2.45, 2.75) is 12.8 Å². The minimum Gasteiger partial charge on any atom is -0.474 e. The molecule has 0 radical (unpaired) electrons. The van der Waals surface area contributed by atoms with E-state index in [-0.39, 0.29) is 16.7 Å². The highest BCUT2D eigenvalue weighted by atomic mass is 35.5. The Morgan fingerprint density at radius 2 is 1.86 bits per heavy atom. The third-order valence-electron chi connectivity index (χ3n) is 4.66. The highest BCUT2D eigenvalue weighted by Gasteiger charge is 2.24. The van der Waals surface area contributed by atoms with E-state index in [0.29, 0.717) is 39.6 Å². The summed E-state index contributed by atoms with van der Waals surface area (Å²) in [6.07, 6.45) is 3.07. The molecule has 0 saturated carbocycles. The van der Waals surface area contributed by atoms with Crippen molar-refractivity contribution < 1.29 is 19.1 Å². The summed E-state index contributed by atoms with van der Waals surface area (Å²) in [5.74, 6) is -2.30. The van der Waals surface area contributed by atoms with Crippen LogP contribution < -0.4 is 10.7 Å². The van der Waals surface area contributed by atoms with Crippen LogP contribution in [0.4, 0.5) is 5.69 Å². The first kappa shape index (κ1) is 19.2. The van der Waals surface area contributed by atoms with Crippen LogP contribution in [0.5, 0.6) is 0 Å². The van der Waals surface area contributed by atoms with Crippen molar-refractivity contribution in [3.8, 4) is 0 Å². The number of hydrogen-bond donors (Lipinski definition) is 2. The normalized spacial score (nSPS) is 14.2. The van der Waals surface area contributed by atoms with Gasteiger partial charge in [0.05, 0.1) is 15.4 Å². The minimum atomic E-state index is -1.60. The summed E-state index contributed by atoms with van der Waals surface area (Å²) in [5, 5.41) is 12.2. The number of aliphatic carboxylic acids is 1. The molecule has 3 aromatic rings.